The Balaban J connectivity index is 2.32. The highest BCUT2D eigenvalue weighted by Gasteiger charge is 2.02. The van der Waals surface area contributed by atoms with Crippen molar-refractivity contribution < 1.29 is 4.18 Å². The molecule has 0 bridgehead atoms. The van der Waals surface area contributed by atoms with Crippen molar-refractivity contribution in [3.63, 3.8) is 0 Å². The van der Waals surface area contributed by atoms with Crippen molar-refractivity contribution in [1.82, 2.24) is 4.72 Å². The predicted molar refractivity (Wildman–Crippen MR) is 19.6 cm³/mol. The zero-order valence-corrected chi connectivity index (χ0v) is 3.21. The molecule has 5 heavy (non-hydrogen) atoms. The average Bonchev–Trinajstić information content (AvgIpc) is 1.76. The lowest BCUT2D eigenvalue weighted by Crippen LogP contribution is -1.79. The molecule has 0 amide bonds. The minimum atomic E-state index is 1.16. The molecular formula is C2H2NOS+. The maximum atomic E-state index is 4.51. The molecule has 26 valence electrons. The normalized spacial score (nSPS) is 16.0. The second-order valence-electron chi connectivity index (χ2n) is 0.544. The minimum absolute atomic E-state index is 1.16. The molecular weight excluding hydrogens is 86.1 g/mol. The van der Waals surface area contributed by atoms with Crippen molar-refractivity contribution in [1.29, 1.82) is 0 Å². The highest BCUT2D eigenvalue weighted by molar-refractivity contribution is 7.93. The van der Waals surface area contributed by atoms with E-state index in [0.29, 0.717) is 0 Å². The first-order valence-corrected chi connectivity index (χ1v) is 1.89. The standard InChI is InChI=1S/C2H2NOS/c1-2-4-5-3-1/h2-3H/q+1. The lowest BCUT2D eigenvalue weighted by Gasteiger charge is -1.67. The van der Waals surface area contributed by atoms with Crippen molar-refractivity contribution in [3.05, 3.63) is 12.5 Å². The van der Waals surface area contributed by atoms with Crippen molar-refractivity contribution in [2.24, 2.45) is 0 Å². The molecule has 1 N–H and O–H groups in total. The van der Waals surface area contributed by atoms with Crippen LogP contribution in [-0.2, 0) is 4.18 Å². The predicted octanol–water partition coefficient (Wildman–Crippen LogP) is 0.444. The van der Waals surface area contributed by atoms with E-state index in [1.807, 2.05) is 0 Å². The number of nitrogens with one attached hydrogen (secondary N) is 1. The molecule has 0 aromatic rings. The Bertz CT molecular complexity index is 47.6. The van der Waals surface area contributed by atoms with Gasteiger partial charge in [-0.3, -0.25) is 0 Å². The second kappa shape index (κ2) is 1.15. The number of rotatable bonds is 0. The van der Waals surface area contributed by atoms with Crippen molar-refractivity contribution in [3.8, 4) is 0 Å². The van der Waals surface area contributed by atoms with Gasteiger partial charge in [-0.1, -0.05) is 4.72 Å². The van der Waals surface area contributed by atoms with E-state index in [0.717, 1.165) is 12.2 Å². The van der Waals surface area contributed by atoms with Crippen LogP contribution >= 0.6 is 12.2 Å². The van der Waals surface area contributed by atoms with Gasteiger partial charge in [0.25, 0.3) is 0 Å². The third-order valence-corrected chi connectivity index (χ3v) is 0.649. The maximum absolute atomic E-state index is 4.51. The summed E-state index contributed by atoms with van der Waals surface area (Å²) in [5.74, 6) is 0. The van der Waals surface area contributed by atoms with Gasteiger partial charge in [-0.25, -0.2) is 0 Å². The highest BCUT2D eigenvalue weighted by atomic mass is 32.2. The van der Waals surface area contributed by atoms with Gasteiger partial charge in [0.15, 0.2) is 0 Å². The molecule has 0 unspecified atom stereocenters. The largest absolute Gasteiger partial charge is 0.425 e. The molecule has 0 aromatic carbocycles. The van der Waals surface area contributed by atoms with Crippen LogP contribution in [0, 0.1) is 6.20 Å². The van der Waals surface area contributed by atoms with Crippen LogP contribution in [0.4, 0.5) is 0 Å². The summed E-state index contributed by atoms with van der Waals surface area (Å²) in [5.41, 5.74) is 0. The van der Waals surface area contributed by atoms with Gasteiger partial charge in [0, 0.05) is 0 Å². The lowest BCUT2D eigenvalue weighted by atomic mass is 11.0. The first kappa shape index (κ1) is 2.82. The zero-order chi connectivity index (χ0) is 3.54. The SMILES string of the molecule is [C+]1=COSN1. The van der Waals surface area contributed by atoms with Gasteiger partial charge >= 0.3 is 12.5 Å². The Morgan fingerprint density at radius 3 is 3.20 bits per heavy atom. The highest BCUT2D eigenvalue weighted by Crippen LogP contribution is 2.00. The molecule has 0 atom stereocenters. The summed E-state index contributed by atoms with van der Waals surface area (Å²) in [6, 6.07) is 0. The van der Waals surface area contributed by atoms with Gasteiger partial charge in [0.05, 0.1) is 0 Å². The third-order valence-electron chi connectivity index (χ3n) is 0.256. The van der Waals surface area contributed by atoms with E-state index in [2.05, 4.69) is 15.1 Å². The summed E-state index contributed by atoms with van der Waals surface area (Å²) >= 11 is 1.16. The Labute approximate surface area is 34.5 Å². The molecule has 3 heteroatoms. The van der Waals surface area contributed by atoms with Crippen molar-refractivity contribution >= 4 is 12.2 Å². The topological polar surface area (TPSA) is 21.3 Å². The van der Waals surface area contributed by atoms with E-state index >= 15 is 0 Å². The second-order valence-corrected chi connectivity index (χ2v) is 1.11. The maximum Gasteiger partial charge on any atom is 0.425 e. The Morgan fingerprint density at radius 1 is 2.00 bits per heavy atom. The molecule has 2 nitrogen and oxygen atoms in total. The van der Waals surface area contributed by atoms with Crippen LogP contribution in [0.25, 0.3) is 0 Å². The molecule has 0 aromatic heterocycles. The van der Waals surface area contributed by atoms with Gasteiger partial charge in [-0.05, 0) is 0 Å². The van der Waals surface area contributed by atoms with E-state index in [1.165, 1.54) is 6.26 Å². The van der Waals surface area contributed by atoms with Gasteiger partial charge in [-0.15, -0.1) is 0 Å². The Morgan fingerprint density at radius 2 is 3.00 bits per heavy atom. The van der Waals surface area contributed by atoms with Crippen molar-refractivity contribution in [2.75, 3.05) is 0 Å². The fourth-order valence-electron chi connectivity index (χ4n) is 0.120. The zero-order valence-electron chi connectivity index (χ0n) is 2.39. The van der Waals surface area contributed by atoms with Crippen LogP contribution in [0.2, 0.25) is 0 Å². The molecule has 0 saturated heterocycles. The summed E-state index contributed by atoms with van der Waals surface area (Å²) in [4.78, 5) is 0. The number of hydrogen-bond acceptors (Lipinski definition) is 3. The fraction of sp³-hybridized carbons (Fsp3) is 0. The average molecular weight is 88.1 g/mol. The first-order chi connectivity index (χ1) is 2.50. The fourth-order valence-corrected chi connectivity index (χ4v) is 0.361. The van der Waals surface area contributed by atoms with Crippen LogP contribution < -0.4 is 4.72 Å². The van der Waals surface area contributed by atoms with E-state index in [1.54, 1.807) is 0 Å². The van der Waals surface area contributed by atoms with Crippen LogP contribution in [-0.4, -0.2) is 0 Å². The molecule has 1 heterocycles. The lowest BCUT2D eigenvalue weighted by molar-refractivity contribution is 0.577. The van der Waals surface area contributed by atoms with Crippen LogP contribution in [0.5, 0.6) is 0 Å². The Hall–Kier alpha value is -0.400. The van der Waals surface area contributed by atoms with E-state index in [9.17, 15) is 0 Å². The monoisotopic (exact) mass is 88.0 g/mol. The summed E-state index contributed by atoms with van der Waals surface area (Å²) < 4.78 is 7.12. The molecule has 1 aliphatic rings. The van der Waals surface area contributed by atoms with Gasteiger partial charge in [0.1, 0.15) is 0 Å². The molecule has 0 saturated carbocycles. The van der Waals surface area contributed by atoms with E-state index < -0.39 is 0 Å². The molecule has 0 spiro atoms. The van der Waals surface area contributed by atoms with Crippen LogP contribution in [0.1, 0.15) is 0 Å². The molecule has 1 aliphatic heterocycles. The summed E-state index contributed by atoms with van der Waals surface area (Å²) in [7, 11) is 0. The van der Waals surface area contributed by atoms with Gasteiger partial charge in [0.2, 0.25) is 12.2 Å². The quantitative estimate of drug-likeness (QED) is 0.264. The van der Waals surface area contributed by atoms with Gasteiger partial charge < -0.3 is 4.18 Å². The minimum Gasteiger partial charge on any atom is -0.357 e. The smallest absolute Gasteiger partial charge is 0.357 e. The van der Waals surface area contributed by atoms with Crippen molar-refractivity contribution in [2.45, 2.75) is 0 Å². The van der Waals surface area contributed by atoms with Crippen LogP contribution in [0.15, 0.2) is 6.26 Å². The third kappa shape index (κ3) is 0.436. The molecule has 0 aliphatic carbocycles. The summed E-state index contributed by atoms with van der Waals surface area (Å²) in [6.45, 7) is 0. The van der Waals surface area contributed by atoms with Gasteiger partial charge in [-0.2, -0.15) is 0 Å². The van der Waals surface area contributed by atoms with E-state index in [-0.39, 0.29) is 0 Å². The number of hydrogen-bond donors (Lipinski definition) is 1. The molecule has 0 fully saturated rings. The molecule has 0 radical (unpaired) electrons. The van der Waals surface area contributed by atoms with Crippen LogP contribution in [0.3, 0.4) is 0 Å². The summed E-state index contributed by atoms with van der Waals surface area (Å²) in [6.07, 6.45) is 4.05. The summed E-state index contributed by atoms with van der Waals surface area (Å²) in [5, 5.41) is 0. The first-order valence-electron chi connectivity index (χ1n) is 1.15. The molecule has 1 rings (SSSR count). The Kier molecular flexibility index (Phi) is 0.648. The van der Waals surface area contributed by atoms with E-state index in [4.69, 9.17) is 0 Å².